The summed E-state index contributed by atoms with van der Waals surface area (Å²) in [7, 11) is 0. The maximum Gasteiger partial charge on any atom is 0.274 e. The number of likely N-dealkylation sites (tertiary alicyclic amines) is 1. The molecule has 0 atom stereocenters. The van der Waals surface area contributed by atoms with Gasteiger partial charge < -0.3 is 31.2 Å². The van der Waals surface area contributed by atoms with Crippen molar-refractivity contribution in [2.75, 3.05) is 52.4 Å². The van der Waals surface area contributed by atoms with Crippen LogP contribution in [0.4, 0.5) is 0 Å². The van der Waals surface area contributed by atoms with Crippen molar-refractivity contribution in [2.45, 2.75) is 91.9 Å². The summed E-state index contributed by atoms with van der Waals surface area (Å²) in [6.45, 7) is 25.0. The summed E-state index contributed by atoms with van der Waals surface area (Å²) in [4.78, 5) is 44.7. The van der Waals surface area contributed by atoms with E-state index in [2.05, 4.69) is 108 Å². The van der Waals surface area contributed by atoms with Gasteiger partial charge in [-0.2, -0.15) is 0 Å². The molecular weight excluding hydrogens is 677 g/mol. The lowest BCUT2D eigenvalue weighted by atomic mass is 9.85. The third kappa shape index (κ3) is 11.9. The molecule has 0 unspecified atom stereocenters. The molecule has 5 rings (SSSR count). The van der Waals surface area contributed by atoms with Gasteiger partial charge in [0.05, 0.1) is 0 Å². The number of aromatic nitrogens is 2. The van der Waals surface area contributed by atoms with E-state index < -0.39 is 0 Å². The van der Waals surface area contributed by atoms with Crippen LogP contribution in [0.5, 0.6) is 0 Å². The molecule has 1 aliphatic heterocycles. The Kier molecular flexibility index (Phi) is 14.9. The largest absolute Gasteiger partial charge is 0.370 e. The minimum absolute atomic E-state index is 0.000790. The van der Waals surface area contributed by atoms with Crippen LogP contribution in [0.3, 0.4) is 0 Å². The van der Waals surface area contributed by atoms with Crippen molar-refractivity contribution < 1.29 is 9.59 Å². The molecule has 2 aromatic heterocycles. The summed E-state index contributed by atoms with van der Waals surface area (Å²) in [5, 5.41) is 7.49. The van der Waals surface area contributed by atoms with Crippen LogP contribution in [0.15, 0.2) is 58.5 Å². The molecular formula is C42H64N10O2. The van der Waals surface area contributed by atoms with Gasteiger partial charge in [-0.05, 0) is 111 Å². The zero-order valence-electron chi connectivity index (χ0n) is 33.9. The van der Waals surface area contributed by atoms with E-state index in [-0.39, 0.29) is 34.6 Å². The number of nitrogens with zero attached hydrogens (tertiary/aromatic N) is 4. The molecule has 3 heterocycles. The lowest BCUT2D eigenvalue weighted by molar-refractivity contribution is 0.0964. The number of aromatic amines is 2. The number of carbonyl (C=O) groups excluding carboxylic acids is 2. The molecule has 12 heteroatoms. The first kappa shape index (κ1) is 42.1. The lowest BCUT2D eigenvalue weighted by Crippen LogP contribution is -2.37. The van der Waals surface area contributed by atoms with Gasteiger partial charge in [-0.15, -0.1) is 0 Å². The number of amides is 2. The van der Waals surface area contributed by atoms with Crippen LogP contribution in [0.1, 0.15) is 113 Å². The number of nitrogens with two attached hydrogens (primary N) is 2. The van der Waals surface area contributed by atoms with Gasteiger partial charge in [-0.25, -0.2) is 0 Å². The van der Waals surface area contributed by atoms with Crippen molar-refractivity contribution in [3.05, 3.63) is 71.0 Å². The van der Waals surface area contributed by atoms with Gasteiger partial charge in [-0.3, -0.25) is 30.2 Å². The number of guanidine groups is 2. The molecule has 0 bridgehead atoms. The molecule has 1 fully saturated rings. The van der Waals surface area contributed by atoms with Crippen LogP contribution < -0.4 is 22.1 Å². The predicted molar refractivity (Wildman–Crippen MR) is 225 cm³/mol. The summed E-state index contributed by atoms with van der Waals surface area (Å²) in [6.07, 6.45) is 4.46. The molecule has 0 spiro atoms. The van der Waals surface area contributed by atoms with Gasteiger partial charge in [0.1, 0.15) is 11.4 Å². The molecule has 294 valence electrons. The van der Waals surface area contributed by atoms with E-state index in [9.17, 15) is 9.59 Å². The maximum atomic E-state index is 12.5. The molecule has 8 N–H and O–H groups in total. The van der Waals surface area contributed by atoms with E-state index in [1.807, 2.05) is 36.4 Å². The zero-order chi connectivity index (χ0) is 39.5. The normalized spacial score (nSPS) is 14.5. The highest BCUT2D eigenvalue weighted by Crippen LogP contribution is 2.31. The van der Waals surface area contributed by atoms with Crippen molar-refractivity contribution in [2.24, 2.45) is 21.5 Å². The molecule has 12 nitrogen and oxygen atoms in total. The summed E-state index contributed by atoms with van der Waals surface area (Å²) < 4.78 is 0. The average molecular weight is 741 g/mol. The van der Waals surface area contributed by atoms with Gasteiger partial charge in [0.15, 0.2) is 11.9 Å². The van der Waals surface area contributed by atoms with Crippen LogP contribution in [0.25, 0.3) is 21.8 Å². The Morgan fingerprint density at radius 1 is 0.741 bits per heavy atom. The molecule has 1 aliphatic rings. The fourth-order valence-corrected chi connectivity index (χ4v) is 6.84. The molecule has 54 heavy (non-hydrogen) atoms. The zero-order valence-corrected chi connectivity index (χ0v) is 33.9. The summed E-state index contributed by atoms with van der Waals surface area (Å²) >= 11 is 0. The average Bonchev–Trinajstić information content (AvgIpc) is 3.89. The van der Waals surface area contributed by atoms with Crippen LogP contribution in [0.2, 0.25) is 0 Å². The van der Waals surface area contributed by atoms with Gasteiger partial charge in [0, 0.05) is 34.9 Å². The Balaban J connectivity index is 0.000000241. The topological polar surface area (TPSA) is 173 Å². The molecule has 1 saturated heterocycles. The molecule has 0 saturated carbocycles. The van der Waals surface area contributed by atoms with E-state index in [1.54, 1.807) is 0 Å². The standard InChI is InChI=1S/C21H31N5O.C21H33N5O/c1-21(2,3)16-8-6-9-17-15(16)14-18(24-17)19(27)25-20(22)23-10-7-13-26-11-4-5-12-26;1-6-26(7-2)13-9-12-23-20(22)25-19(27)18-14-15-16(21(3,4)5)10-8-11-17(15)24-18/h6,8-9,14,24H,4-5,7,10-13H2,1-3H3,(H3,22,23,25,27);8,10-11,14,24H,6-7,9,12-13H2,1-5H3,(H3,22,23,25,27). The highest BCUT2D eigenvalue weighted by atomic mass is 16.2. The predicted octanol–water partition coefficient (Wildman–Crippen LogP) is 6.24. The number of hydrogen-bond acceptors (Lipinski definition) is 6. The quantitative estimate of drug-likeness (QED) is 0.0570. The minimum Gasteiger partial charge on any atom is -0.370 e. The first-order valence-electron chi connectivity index (χ1n) is 19.5. The van der Waals surface area contributed by atoms with E-state index in [1.165, 1.54) is 37.1 Å². The fraction of sp³-hybridized carbons (Fsp3) is 0.524. The second-order valence-corrected chi connectivity index (χ2v) is 16.1. The van der Waals surface area contributed by atoms with Crippen molar-refractivity contribution in [3.8, 4) is 0 Å². The number of hydrogen-bond donors (Lipinski definition) is 6. The third-order valence-corrected chi connectivity index (χ3v) is 9.84. The molecule has 0 aliphatic carbocycles. The Morgan fingerprint density at radius 3 is 1.61 bits per heavy atom. The van der Waals surface area contributed by atoms with E-state index in [4.69, 9.17) is 11.5 Å². The van der Waals surface area contributed by atoms with E-state index in [0.717, 1.165) is 60.8 Å². The van der Waals surface area contributed by atoms with E-state index >= 15 is 0 Å². The van der Waals surface area contributed by atoms with Crippen LogP contribution in [-0.2, 0) is 10.8 Å². The number of aliphatic imine (C=N–C) groups is 2. The third-order valence-electron chi connectivity index (χ3n) is 9.84. The van der Waals surface area contributed by atoms with Crippen LogP contribution in [-0.4, -0.2) is 95.9 Å². The Bertz CT molecular complexity index is 1770. The van der Waals surface area contributed by atoms with Crippen molar-refractivity contribution in [1.29, 1.82) is 0 Å². The van der Waals surface area contributed by atoms with Gasteiger partial charge in [0.25, 0.3) is 11.8 Å². The second kappa shape index (κ2) is 19.1. The lowest BCUT2D eigenvalue weighted by Gasteiger charge is -2.19. The van der Waals surface area contributed by atoms with Crippen molar-refractivity contribution in [3.63, 3.8) is 0 Å². The molecule has 4 aromatic rings. The smallest absolute Gasteiger partial charge is 0.274 e. The summed E-state index contributed by atoms with van der Waals surface area (Å²) in [5.41, 5.74) is 17.1. The van der Waals surface area contributed by atoms with Crippen LogP contribution >= 0.6 is 0 Å². The second-order valence-electron chi connectivity index (χ2n) is 16.1. The fourth-order valence-electron chi connectivity index (χ4n) is 6.84. The first-order valence-corrected chi connectivity index (χ1v) is 19.5. The first-order chi connectivity index (χ1) is 25.6. The number of nitrogens with one attached hydrogen (secondary N) is 4. The van der Waals surface area contributed by atoms with Crippen molar-refractivity contribution in [1.82, 2.24) is 30.4 Å². The highest BCUT2D eigenvalue weighted by molar-refractivity contribution is 6.07. The molecule has 0 radical (unpaired) electrons. The Morgan fingerprint density at radius 2 is 1.19 bits per heavy atom. The van der Waals surface area contributed by atoms with Crippen LogP contribution in [0, 0.1) is 0 Å². The van der Waals surface area contributed by atoms with E-state index in [0.29, 0.717) is 24.5 Å². The Hall–Kier alpha value is -4.68. The SMILES string of the molecule is CC(C)(C)c1cccc2[nH]c(C(=O)NC(N)=NCCCN3CCCC3)cc12.CCN(CC)CCCN=C(N)NC(=O)c1cc2c(C(C)(C)C)cccc2[nH]1. The number of rotatable bonds is 12. The minimum atomic E-state index is -0.268. The number of benzene rings is 2. The van der Waals surface area contributed by atoms with Gasteiger partial charge >= 0.3 is 0 Å². The summed E-state index contributed by atoms with van der Waals surface area (Å²) in [5.74, 6) is -0.187. The Labute approximate surface area is 321 Å². The number of fused-ring (bicyclic) bond motifs is 2. The highest BCUT2D eigenvalue weighted by Gasteiger charge is 2.21. The van der Waals surface area contributed by atoms with Gasteiger partial charge in [-0.1, -0.05) is 79.7 Å². The summed E-state index contributed by atoms with van der Waals surface area (Å²) in [6, 6.07) is 16.0. The number of H-pyrrole nitrogens is 2. The number of carbonyl (C=O) groups is 2. The monoisotopic (exact) mass is 741 g/mol. The van der Waals surface area contributed by atoms with Crippen molar-refractivity contribution >= 4 is 45.5 Å². The molecule has 2 aromatic carbocycles. The maximum absolute atomic E-state index is 12.5. The molecule has 2 amide bonds. The van der Waals surface area contributed by atoms with Gasteiger partial charge in [0.2, 0.25) is 0 Å².